The summed E-state index contributed by atoms with van der Waals surface area (Å²) in [5.41, 5.74) is 0. The van der Waals surface area contributed by atoms with Crippen LogP contribution in [0, 0.1) is 6.92 Å². The first-order chi connectivity index (χ1) is 8.35. The summed E-state index contributed by atoms with van der Waals surface area (Å²) in [6.07, 6.45) is 1.59. The van der Waals surface area contributed by atoms with Gasteiger partial charge in [0.25, 0.3) is 0 Å². The van der Waals surface area contributed by atoms with E-state index in [1.807, 2.05) is 6.92 Å². The first-order valence-corrected chi connectivity index (χ1v) is 7.34. The Hall–Kier alpha value is -1.19. The quantitative estimate of drug-likeness (QED) is 0.776. The lowest BCUT2D eigenvalue weighted by Gasteiger charge is -2.16. The highest BCUT2D eigenvalue weighted by atomic mass is 32.2. The molecular formula is C9H15N3O4S2. The zero-order valence-electron chi connectivity index (χ0n) is 10.3. The van der Waals surface area contributed by atoms with Crippen molar-refractivity contribution in [3.05, 3.63) is 11.1 Å². The fraction of sp³-hybridized carbons (Fsp3) is 0.556. The second-order valence-corrected chi connectivity index (χ2v) is 6.54. The minimum absolute atomic E-state index is 0.00477. The summed E-state index contributed by atoms with van der Waals surface area (Å²) in [6.45, 7) is 1.88. The third kappa shape index (κ3) is 4.24. The molecule has 0 unspecified atom stereocenters. The molecule has 9 heteroatoms. The average molecular weight is 293 g/mol. The number of thiazole rings is 1. The summed E-state index contributed by atoms with van der Waals surface area (Å²) < 4.78 is 31.5. The summed E-state index contributed by atoms with van der Waals surface area (Å²) in [6, 6.07) is 0. The average Bonchev–Trinajstić information content (AvgIpc) is 2.70. The number of carbonyl (C=O) groups is 1. The Labute approximate surface area is 110 Å². The Morgan fingerprint density at radius 3 is 2.78 bits per heavy atom. The van der Waals surface area contributed by atoms with Crippen molar-refractivity contribution >= 4 is 32.6 Å². The predicted octanol–water partition coefficient (Wildman–Crippen LogP) is 0.603. The molecule has 102 valence electrons. The van der Waals surface area contributed by atoms with Crippen LogP contribution in [0.25, 0.3) is 0 Å². The molecule has 0 aliphatic rings. The molecule has 0 radical (unpaired) electrons. The number of nitrogens with zero attached hydrogens (tertiary/aromatic N) is 2. The van der Waals surface area contributed by atoms with Gasteiger partial charge in [0.15, 0.2) is 5.13 Å². The van der Waals surface area contributed by atoms with Crippen LogP contribution in [0.5, 0.6) is 0 Å². The molecule has 7 nitrogen and oxygen atoms in total. The molecule has 1 rings (SSSR count). The van der Waals surface area contributed by atoms with Crippen molar-refractivity contribution in [3.8, 4) is 0 Å². The number of ether oxygens (including phenoxy) is 1. The molecule has 0 amide bonds. The summed E-state index contributed by atoms with van der Waals surface area (Å²) >= 11 is 1.24. The van der Waals surface area contributed by atoms with E-state index in [-0.39, 0.29) is 13.0 Å². The first kappa shape index (κ1) is 14.9. The number of rotatable bonds is 6. The van der Waals surface area contributed by atoms with Crippen molar-refractivity contribution in [3.63, 3.8) is 0 Å². The highest BCUT2D eigenvalue weighted by molar-refractivity contribution is 7.90. The molecule has 1 aromatic rings. The summed E-state index contributed by atoms with van der Waals surface area (Å²) in [5, 5.41) is 0.303. The number of hydrogen-bond donors (Lipinski definition) is 1. The van der Waals surface area contributed by atoms with E-state index >= 15 is 0 Å². The maximum Gasteiger partial charge on any atom is 0.306 e. The Morgan fingerprint density at radius 1 is 1.61 bits per heavy atom. The van der Waals surface area contributed by atoms with E-state index in [4.69, 9.17) is 0 Å². The van der Waals surface area contributed by atoms with Crippen LogP contribution in [-0.2, 0) is 19.7 Å². The Balaban J connectivity index is 2.60. The Bertz CT molecular complexity index is 512. The number of aryl methyl sites for hydroxylation is 1. The lowest BCUT2D eigenvalue weighted by Crippen LogP contribution is -2.34. The van der Waals surface area contributed by atoms with Gasteiger partial charge in [-0.2, -0.15) is 12.7 Å². The molecule has 0 fully saturated rings. The fourth-order valence-corrected chi connectivity index (χ4v) is 2.82. The Morgan fingerprint density at radius 2 is 2.28 bits per heavy atom. The van der Waals surface area contributed by atoms with Gasteiger partial charge in [-0.3, -0.25) is 4.79 Å². The van der Waals surface area contributed by atoms with Gasteiger partial charge in [-0.15, -0.1) is 11.3 Å². The highest BCUT2D eigenvalue weighted by Crippen LogP contribution is 2.18. The van der Waals surface area contributed by atoms with E-state index in [0.29, 0.717) is 5.13 Å². The van der Waals surface area contributed by atoms with Gasteiger partial charge in [0.05, 0.1) is 13.5 Å². The number of esters is 1. The largest absolute Gasteiger partial charge is 0.469 e. The van der Waals surface area contributed by atoms with Crippen LogP contribution >= 0.6 is 11.3 Å². The minimum atomic E-state index is -3.68. The third-order valence-corrected chi connectivity index (χ3v) is 4.52. The number of methoxy groups -OCH3 is 1. The van der Waals surface area contributed by atoms with Gasteiger partial charge in [-0.1, -0.05) is 0 Å². The highest BCUT2D eigenvalue weighted by Gasteiger charge is 2.19. The maximum absolute atomic E-state index is 11.8. The molecule has 0 aromatic carbocycles. The summed E-state index contributed by atoms with van der Waals surface area (Å²) in [4.78, 5) is 15.7. The van der Waals surface area contributed by atoms with Crippen molar-refractivity contribution in [1.82, 2.24) is 9.29 Å². The third-order valence-electron chi connectivity index (χ3n) is 2.11. The summed E-state index contributed by atoms with van der Waals surface area (Å²) in [5.74, 6) is -0.456. The van der Waals surface area contributed by atoms with Gasteiger partial charge >= 0.3 is 16.2 Å². The molecule has 0 saturated heterocycles. The van der Waals surface area contributed by atoms with Gasteiger partial charge in [-0.25, -0.2) is 9.71 Å². The molecule has 1 heterocycles. The van der Waals surface area contributed by atoms with Crippen LogP contribution in [0.4, 0.5) is 5.13 Å². The van der Waals surface area contributed by atoms with Crippen molar-refractivity contribution in [1.29, 1.82) is 0 Å². The predicted molar refractivity (Wildman–Crippen MR) is 68.7 cm³/mol. The van der Waals surface area contributed by atoms with Crippen molar-refractivity contribution in [2.75, 3.05) is 25.4 Å². The monoisotopic (exact) mass is 293 g/mol. The number of aromatic nitrogens is 1. The molecule has 0 bridgehead atoms. The lowest BCUT2D eigenvalue weighted by molar-refractivity contribution is -0.140. The number of nitrogens with one attached hydrogen (secondary N) is 1. The van der Waals surface area contributed by atoms with Crippen LogP contribution in [0.1, 0.15) is 11.3 Å². The van der Waals surface area contributed by atoms with Gasteiger partial charge < -0.3 is 4.74 Å². The molecule has 0 spiro atoms. The van der Waals surface area contributed by atoms with Crippen LogP contribution in [0.15, 0.2) is 6.20 Å². The SMILES string of the molecule is COC(=O)CCN(C)S(=O)(=O)Nc1ncc(C)s1. The van der Waals surface area contributed by atoms with Gasteiger partial charge in [0, 0.05) is 24.7 Å². The summed E-state index contributed by atoms with van der Waals surface area (Å²) in [7, 11) is -1.04. The van der Waals surface area contributed by atoms with E-state index in [2.05, 4.69) is 14.4 Å². The standard InChI is InChI=1S/C9H15N3O4S2/c1-7-6-10-9(17-7)11-18(14,15)12(2)5-4-8(13)16-3/h6H,4-5H2,1-3H3,(H,10,11). The van der Waals surface area contributed by atoms with Gasteiger partial charge in [0.2, 0.25) is 0 Å². The van der Waals surface area contributed by atoms with E-state index < -0.39 is 16.2 Å². The zero-order valence-corrected chi connectivity index (χ0v) is 12.0. The van der Waals surface area contributed by atoms with Crippen LogP contribution in [-0.4, -0.2) is 44.4 Å². The van der Waals surface area contributed by atoms with Gasteiger partial charge in [-0.05, 0) is 6.92 Å². The molecule has 0 aliphatic heterocycles. The second-order valence-electron chi connectivity index (χ2n) is 3.53. The molecule has 0 aliphatic carbocycles. The van der Waals surface area contributed by atoms with Crippen molar-refractivity contribution in [2.24, 2.45) is 0 Å². The lowest BCUT2D eigenvalue weighted by atomic mass is 10.4. The van der Waals surface area contributed by atoms with Crippen LogP contribution < -0.4 is 4.72 Å². The Kier molecular flexibility index (Phi) is 5.05. The van der Waals surface area contributed by atoms with Crippen LogP contribution in [0.2, 0.25) is 0 Å². The number of anilines is 1. The normalized spacial score (nSPS) is 11.6. The van der Waals surface area contributed by atoms with Crippen molar-refractivity contribution < 1.29 is 17.9 Å². The topological polar surface area (TPSA) is 88.6 Å². The minimum Gasteiger partial charge on any atom is -0.469 e. The molecule has 0 atom stereocenters. The smallest absolute Gasteiger partial charge is 0.306 e. The first-order valence-electron chi connectivity index (χ1n) is 5.08. The molecule has 1 aromatic heterocycles. The zero-order chi connectivity index (χ0) is 13.8. The van der Waals surface area contributed by atoms with E-state index in [1.54, 1.807) is 6.20 Å². The molecule has 1 N–H and O–H groups in total. The van der Waals surface area contributed by atoms with E-state index in [9.17, 15) is 13.2 Å². The van der Waals surface area contributed by atoms with E-state index in [1.165, 1.54) is 25.5 Å². The number of hydrogen-bond acceptors (Lipinski definition) is 6. The second kappa shape index (κ2) is 6.12. The molecule has 0 saturated carbocycles. The number of carbonyl (C=O) groups excluding carboxylic acids is 1. The van der Waals surface area contributed by atoms with Crippen molar-refractivity contribution in [2.45, 2.75) is 13.3 Å². The molecule has 18 heavy (non-hydrogen) atoms. The van der Waals surface area contributed by atoms with Gasteiger partial charge in [0.1, 0.15) is 0 Å². The fourth-order valence-electron chi connectivity index (χ4n) is 1.06. The van der Waals surface area contributed by atoms with Crippen LogP contribution in [0.3, 0.4) is 0 Å². The molecular weight excluding hydrogens is 278 g/mol. The maximum atomic E-state index is 11.8. The van der Waals surface area contributed by atoms with E-state index in [0.717, 1.165) is 9.18 Å².